The number of nitrogens with one attached hydrogen (secondary N) is 2. The van der Waals surface area contributed by atoms with E-state index in [9.17, 15) is 9.59 Å². The first-order valence-corrected chi connectivity index (χ1v) is 8.28. The molecule has 8 heteroatoms. The van der Waals surface area contributed by atoms with Crippen LogP contribution < -0.4 is 11.1 Å². The lowest BCUT2D eigenvalue weighted by molar-refractivity contribution is -0.136. The van der Waals surface area contributed by atoms with Crippen LogP contribution in [0.1, 0.15) is 22.3 Å². The largest absolute Gasteiger partial charge is 0.481 e. The van der Waals surface area contributed by atoms with E-state index < -0.39 is 5.97 Å². The number of nitrogens with two attached hydrogens (primary N) is 1. The molecule has 0 bridgehead atoms. The molecular formula is C19H19N5O3. The van der Waals surface area contributed by atoms with Gasteiger partial charge in [0.1, 0.15) is 11.7 Å². The third-order valence-corrected chi connectivity index (χ3v) is 4.22. The maximum absolute atomic E-state index is 12.2. The third kappa shape index (κ3) is 3.79. The number of hydrogen-bond acceptors (Lipinski definition) is 4. The van der Waals surface area contributed by atoms with Crippen LogP contribution in [-0.2, 0) is 11.8 Å². The number of amides is 1. The maximum Gasteiger partial charge on any atom is 0.305 e. The van der Waals surface area contributed by atoms with Crippen molar-refractivity contribution < 1.29 is 14.7 Å². The second kappa shape index (κ2) is 7.28. The van der Waals surface area contributed by atoms with E-state index in [2.05, 4.69) is 10.3 Å². The topological polar surface area (TPSA) is 134 Å². The van der Waals surface area contributed by atoms with E-state index in [-0.39, 0.29) is 24.7 Å². The standard InChI is InChI=1S/C19H19N5O3/c1-24-15-7-6-13(19(27)22-9-8-16(25)26)10-14(15)23-18(24)12-4-2-11(3-5-12)17(20)21/h2-7,10H,8-9H2,1H3,(H3,20,21)(H,22,27)(H,25,26). The minimum Gasteiger partial charge on any atom is -0.481 e. The van der Waals surface area contributed by atoms with Crippen molar-refractivity contribution in [1.29, 1.82) is 5.41 Å². The molecule has 5 N–H and O–H groups in total. The van der Waals surface area contributed by atoms with Crippen LogP contribution in [-0.4, -0.2) is 38.9 Å². The number of aromatic nitrogens is 2. The fourth-order valence-electron chi connectivity index (χ4n) is 2.78. The highest BCUT2D eigenvalue weighted by Crippen LogP contribution is 2.24. The lowest BCUT2D eigenvalue weighted by Gasteiger charge is -2.05. The van der Waals surface area contributed by atoms with E-state index in [1.807, 2.05) is 29.8 Å². The highest BCUT2D eigenvalue weighted by molar-refractivity contribution is 5.98. The second-order valence-corrected chi connectivity index (χ2v) is 6.09. The molecule has 0 atom stereocenters. The summed E-state index contributed by atoms with van der Waals surface area (Å²) in [6.45, 7) is 0.0716. The van der Waals surface area contributed by atoms with Gasteiger partial charge in [0, 0.05) is 30.3 Å². The summed E-state index contributed by atoms with van der Waals surface area (Å²) in [5.41, 5.74) is 8.93. The average molecular weight is 365 g/mol. The van der Waals surface area contributed by atoms with Crippen molar-refractivity contribution in [3.63, 3.8) is 0 Å². The Morgan fingerprint density at radius 1 is 1.19 bits per heavy atom. The lowest BCUT2D eigenvalue weighted by atomic mass is 10.1. The first-order valence-electron chi connectivity index (χ1n) is 8.28. The van der Waals surface area contributed by atoms with Crippen LogP contribution in [0.15, 0.2) is 42.5 Å². The molecule has 1 amide bonds. The predicted molar refractivity (Wildman–Crippen MR) is 102 cm³/mol. The van der Waals surface area contributed by atoms with Gasteiger partial charge in [-0.2, -0.15) is 0 Å². The van der Waals surface area contributed by atoms with E-state index in [1.165, 1.54) is 0 Å². The molecule has 0 unspecified atom stereocenters. The zero-order valence-corrected chi connectivity index (χ0v) is 14.7. The van der Waals surface area contributed by atoms with Gasteiger partial charge in [-0.15, -0.1) is 0 Å². The van der Waals surface area contributed by atoms with Gasteiger partial charge in [0.05, 0.1) is 17.5 Å². The van der Waals surface area contributed by atoms with Gasteiger partial charge in [0.2, 0.25) is 0 Å². The number of fused-ring (bicyclic) bond motifs is 1. The normalized spacial score (nSPS) is 10.7. The number of carboxylic acids is 1. The Morgan fingerprint density at radius 3 is 2.48 bits per heavy atom. The summed E-state index contributed by atoms with van der Waals surface area (Å²) in [7, 11) is 1.89. The van der Waals surface area contributed by atoms with Crippen LogP contribution in [0.2, 0.25) is 0 Å². The minimum absolute atomic E-state index is 0.00473. The van der Waals surface area contributed by atoms with Crippen LogP contribution in [0.5, 0.6) is 0 Å². The Bertz CT molecular complexity index is 1040. The molecule has 0 saturated heterocycles. The minimum atomic E-state index is -0.962. The van der Waals surface area contributed by atoms with Crippen molar-refractivity contribution in [3.05, 3.63) is 53.6 Å². The Labute approximate surface area is 155 Å². The molecule has 2 aromatic carbocycles. The fourth-order valence-corrected chi connectivity index (χ4v) is 2.78. The average Bonchev–Trinajstić information content (AvgIpc) is 2.97. The van der Waals surface area contributed by atoms with Crippen molar-refractivity contribution in [3.8, 4) is 11.4 Å². The Balaban J connectivity index is 1.89. The Morgan fingerprint density at radius 2 is 1.85 bits per heavy atom. The summed E-state index contributed by atoms with van der Waals surface area (Å²) < 4.78 is 1.92. The number of imidazole rings is 1. The van der Waals surface area contributed by atoms with Crippen molar-refractivity contribution >= 4 is 28.7 Å². The number of carboxylic acid groups (broad SMARTS) is 1. The van der Waals surface area contributed by atoms with Gasteiger partial charge in [0.15, 0.2) is 0 Å². The van der Waals surface area contributed by atoms with Crippen LogP contribution in [0.3, 0.4) is 0 Å². The fraction of sp³-hybridized carbons (Fsp3) is 0.158. The number of carbonyl (C=O) groups excluding carboxylic acids is 1. The van der Waals surface area contributed by atoms with E-state index in [4.69, 9.17) is 16.2 Å². The van der Waals surface area contributed by atoms with Gasteiger partial charge in [0.25, 0.3) is 5.91 Å². The van der Waals surface area contributed by atoms with Gasteiger partial charge in [-0.3, -0.25) is 15.0 Å². The van der Waals surface area contributed by atoms with E-state index in [0.717, 1.165) is 16.9 Å². The summed E-state index contributed by atoms with van der Waals surface area (Å²) in [5.74, 6) is -0.569. The number of benzene rings is 2. The molecule has 3 aromatic rings. The predicted octanol–water partition coefficient (Wildman–Crippen LogP) is 1.73. The molecule has 0 fully saturated rings. The van der Waals surface area contributed by atoms with Crippen molar-refractivity contribution in [2.75, 3.05) is 6.54 Å². The zero-order chi connectivity index (χ0) is 19.6. The molecule has 3 rings (SSSR count). The quantitative estimate of drug-likeness (QED) is 0.390. The monoisotopic (exact) mass is 365 g/mol. The van der Waals surface area contributed by atoms with E-state index in [0.29, 0.717) is 16.6 Å². The Kier molecular flexibility index (Phi) is 4.89. The second-order valence-electron chi connectivity index (χ2n) is 6.09. The molecule has 1 heterocycles. The molecule has 138 valence electrons. The van der Waals surface area contributed by atoms with Crippen molar-refractivity contribution in [1.82, 2.24) is 14.9 Å². The summed E-state index contributed by atoms with van der Waals surface area (Å²) in [5, 5.41) is 18.7. The number of amidine groups is 1. The van der Waals surface area contributed by atoms with Crippen molar-refractivity contribution in [2.45, 2.75) is 6.42 Å². The number of nitrogen functional groups attached to an aromatic ring is 1. The molecule has 0 radical (unpaired) electrons. The summed E-state index contributed by atoms with van der Waals surface area (Å²) in [4.78, 5) is 27.3. The third-order valence-electron chi connectivity index (χ3n) is 4.22. The molecule has 27 heavy (non-hydrogen) atoms. The summed E-state index contributed by atoms with van der Waals surface area (Å²) >= 11 is 0. The van der Waals surface area contributed by atoms with Crippen LogP contribution in [0.25, 0.3) is 22.4 Å². The van der Waals surface area contributed by atoms with Gasteiger partial charge < -0.3 is 20.7 Å². The van der Waals surface area contributed by atoms with Gasteiger partial charge in [-0.1, -0.05) is 24.3 Å². The molecule has 0 aliphatic carbocycles. The molecule has 0 spiro atoms. The van der Waals surface area contributed by atoms with Crippen LogP contribution >= 0.6 is 0 Å². The number of aliphatic carboxylic acids is 1. The van der Waals surface area contributed by atoms with Crippen molar-refractivity contribution in [2.24, 2.45) is 12.8 Å². The molecule has 0 aliphatic heterocycles. The number of hydrogen-bond donors (Lipinski definition) is 4. The first-order chi connectivity index (χ1) is 12.9. The zero-order valence-electron chi connectivity index (χ0n) is 14.7. The highest BCUT2D eigenvalue weighted by Gasteiger charge is 2.13. The smallest absolute Gasteiger partial charge is 0.305 e. The summed E-state index contributed by atoms with van der Waals surface area (Å²) in [6.07, 6.45) is -0.127. The number of rotatable bonds is 6. The highest BCUT2D eigenvalue weighted by atomic mass is 16.4. The molecule has 8 nitrogen and oxygen atoms in total. The molecule has 1 aromatic heterocycles. The van der Waals surface area contributed by atoms with E-state index >= 15 is 0 Å². The van der Waals surface area contributed by atoms with Crippen LogP contribution in [0.4, 0.5) is 0 Å². The van der Waals surface area contributed by atoms with Crippen LogP contribution in [0, 0.1) is 5.41 Å². The lowest BCUT2D eigenvalue weighted by Crippen LogP contribution is -2.25. The van der Waals surface area contributed by atoms with Gasteiger partial charge in [-0.25, -0.2) is 4.98 Å². The van der Waals surface area contributed by atoms with Gasteiger partial charge >= 0.3 is 5.97 Å². The van der Waals surface area contributed by atoms with E-state index in [1.54, 1.807) is 24.3 Å². The molecule has 0 saturated carbocycles. The Hall–Kier alpha value is -3.68. The maximum atomic E-state index is 12.2. The number of nitrogens with zero attached hydrogens (tertiary/aromatic N) is 2. The first kappa shape index (κ1) is 18.1. The van der Waals surface area contributed by atoms with Gasteiger partial charge in [-0.05, 0) is 18.2 Å². The number of carbonyl (C=O) groups is 2. The molecular weight excluding hydrogens is 346 g/mol. The SMILES string of the molecule is Cn1c(-c2ccc(C(=N)N)cc2)nc2cc(C(=O)NCCC(=O)O)ccc21. The molecule has 0 aliphatic rings. The number of aryl methyl sites for hydroxylation is 1. The summed E-state index contributed by atoms with van der Waals surface area (Å²) in [6, 6.07) is 12.4.